The van der Waals surface area contributed by atoms with Crippen LogP contribution in [0.15, 0.2) is 41.8 Å². The molecule has 0 spiro atoms. The van der Waals surface area contributed by atoms with Crippen molar-refractivity contribution >= 4 is 17.2 Å². The lowest BCUT2D eigenvalue weighted by molar-refractivity contribution is 0.0682. The topological polar surface area (TPSA) is 55.6 Å². The van der Waals surface area contributed by atoms with Crippen molar-refractivity contribution in [3.05, 3.63) is 57.8 Å². The Balaban J connectivity index is 1.67. The number of hydrogen-bond donors (Lipinski definition) is 1. The van der Waals surface area contributed by atoms with Gasteiger partial charge in [0.25, 0.3) is 0 Å². The van der Waals surface area contributed by atoms with Crippen LogP contribution in [0.4, 0.5) is 0 Å². The number of rotatable bonds is 7. The van der Waals surface area contributed by atoms with E-state index in [9.17, 15) is 4.79 Å². The first-order chi connectivity index (χ1) is 11.2. The summed E-state index contributed by atoms with van der Waals surface area (Å²) in [5.41, 5.74) is 7.04. The molecule has 122 valence electrons. The van der Waals surface area contributed by atoms with Crippen LogP contribution in [0.5, 0.6) is 0 Å². The molecule has 4 nitrogen and oxygen atoms in total. The van der Waals surface area contributed by atoms with E-state index in [1.807, 2.05) is 12.1 Å². The minimum absolute atomic E-state index is 0.333. The zero-order chi connectivity index (χ0) is 16.1. The van der Waals surface area contributed by atoms with Crippen molar-refractivity contribution in [2.45, 2.75) is 32.0 Å². The molecule has 0 aliphatic carbocycles. The highest BCUT2D eigenvalue weighted by Gasteiger charge is 2.20. The third kappa shape index (κ3) is 4.64. The molecule has 2 aromatic rings. The van der Waals surface area contributed by atoms with E-state index >= 15 is 0 Å². The monoisotopic (exact) mass is 330 g/mol. The van der Waals surface area contributed by atoms with Crippen LogP contribution in [0.2, 0.25) is 0 Å². The fourth-order valence-corrected chi connectivity index (χ4v) is 3.66. The minimum atomic E-state index is -0.383. The summed E-state index contributed by atoms with van der Waals surface area (Å²) in [5.74, 6) is -0.383. The van der Waals surface area contributed by atoms with Gasteiger partial charge in [-0.3, -0.25) is 9.69 Å². The molecule has 2 N–H and O–H groups in total. The first kappa shape index (κ1) is 16.2. The lowest BCUT2D eigenvalue weighted by Crippen LogP contribution is -2.31. The van der Waals surface area contributed by atoms with Crippen LogP contribution in [0.1, 0.15) is 33.6 Å². The van der Waals surface area contributed by atoms with Gasteiger partial charge in [0.05, 0.1) is 6.10 Å². The SMILES string of the molecule is NC(=O)c1ccc(CN(Cc2cccs2)CC2CCCO2)cc1. The number of nitrogens with two attached hydrogens (primary N) is 1. The zero-order valence-electron chi connectivity index (χ0n) is 13.1. The van der Waals surface area contributed by atoms with E-state index in [1.54, 1.807) is 23.5 Å². The van der Waals surface area contributed by atoms with Gasteiger partial charge in [-0.1, -0.05) is 18.2 Å². The number of nitrogens with zero attached hydrogens (tertiary/aromatic N) is 1. The third-order valence-corrected chi connectivity index (χ3v) is 4.95. The van der Waals surface area contributed by atoms with Crippen LogP contribution in [0.3, 0.4) is 0 Å². The van der Waals surface area contributed by atoms with Crippen LogP contribution in [-0.2, 0) is 17.8 Å². The molecule has 23 heavy (non-hydrogen) atoms. The highest BCUT2D eigenvalue weighted by Crippen LogP contribution is 2.19. The second-order valence-electron chi connectivity index (χ2n) is 5.95. The second kappa shape index (κ2) is 7.73. The van der Waals surface area contributed by atoms with Gasteiger partial charge >= 0.3 is 0 Å². The molecule has 1 atom stereocenters. The number of carbonyl (C=O) groups excluding carboxylic acids is 1. The first-order valence-corrected chi connectivity index (χ1v) is 8.84. The zero-order valence-corrected chi connectivity index (χ0v) is 13.9. The first-order valence-electron chi connectivity index (χ1n) is 7.96. The molecular weight excluding hydrogens is 308 g/mol. The number of benzene rings is 1. The van der Waals surface area contributed by atoms with Gasteiger partial charge in [-0.05, 0) is 42.0 Å². The molecule has 0 saturated carbocycles. The van der Waals surface area contributed by atoms with Crippen LogP contribution in [0, 0.1) is 0 Å². The summed E-state index contributed by atoms with van der Waals surface area (Å²) in [4.78, 5) is 14.9. The summed E-state index contributed by atoms with van der Waals surface area (Å²) in [6.07, 6.45) is 2.63. The van der Waals surface area contributed by atoms with Gasteiger partial charge in [0.1, 0.15) is 0 Å². The highest BCUT2D eigenvalue weighted by atomic mass is 32.1. The molecule has 1 aromatic heterocycles. The van der Waals surface area contributed by atoms with Crippen LogP contribution >= 0.6 is 11.3 Å². The van der Waals surface area contributed by atoms with Crippen molar-refractivity contribution in [1.29, 1.82) is 0 Å². The Morgan fingerprint density at radius 3 is 2.70 bits per heavy atom. The number of thiophene rings is 1. The predicted molar refractivity (Wildman–Crippen MR) is 92.4 cm³/mol. The molecule has 1 aromatic carbocycles. The maximum Gasteiger partial charge on any atom is 0.248 e. The quantitative estimate of drug-likeness (QED) is 0.849. The Bertz CT molecular complexity index is 619. The lowest BCUT2D eigenvalue weighted by Gasteiger charge is -2.25. The lowest BCUT2D eigenvalue weighted by atomic mass is 10.1. The number of hydrogen-bond acceptors (Lipinski definition) is 4. The molecule has 0 bridgehead atoms. The summed E-state index contributed by atoms with van der Waals surface area (Å²) in [5, 5.41) is 2.11. The predicted octanol–water partition coefficient (Wildman–Crippen LogP) is 3.03. The standard InChI is InChI=1S/C18H22N2O2S/c19-18(21)15-7-5-14(6-8-15)11-20(12-16-3-1-9-22-16)13-17-4-2-10-23-17/h2,4-8,10,16H,1,3,9,11-13H2,(H2,19,21). The average molecular weight is 330 g/mol. The van der Waals surface area contributed by atoms with E-state index in [1.165, 1.54) is 10.4 Å². The fourth-order valence-electron chi connectivity index (χ4n) is 2.92. The summed E-state index contributed by atoms with van der Waals surface area (Å²) in [6.45, 7) is 3.59. The van der Waals surface area contributed by atoms with Crippen LogP contribution in [-0.4, -0.2) is 30.1 Å². The van der Waals surface area contributed by atoms with Gasteiger partial charge in [0.15, 0.2) is 0 Å². The molecular formula is C18H22N2O2S. The molecule has 1 unspecified atom stereocenters. The average Bonchev–Trinajstić information content (AvgIpc) is 3.21. The smallest absolute Gasteiger partial charge is 0.248 e. The molecule has 1 aliphatic heterocycles. The van der Waals surface area contributed by atoms with E-state index in [0.29, 0.717) is 11.7 Å². The van der Waals surface area contributed by atoms with Crippen molar-refractivity contribution in [3.63, 3.8) is 0 Å². The van der Waals surface area contributed by atoms with E-state index in [-0.39, 0.29) is 5.91 Å². The van der Waals surface area contributed by atoms with E-state index < -0.39 is 0 Å². The van der Waals surface area contributed by atoms with Crippen molar-refractivity contribution in [2.75, 3.05) is 13.2 Å². The fraction of sp³-hybridized carbons (Fsp3) is 0.389. The van der Waals surface area contributed by atoms with Crippen LogP contribution < -0.4 is 5.73 Å². The molecule has 1 amide bonds. The number of ether oxygens (including phenoxy) is 1. The van der Waals surface area contributed by atoms with Gasteiger partial charge in [0.2, 0.25) is 5.91 Å². The van der Waals surface area contributed by atoms with E-state index in [0.717, 1.165) is 39.1 Å². The van der Waals surface area contributed by atoms with Crippen molar-refractivity contribution in [1.82, 2.24) is 4.90 Å². The Morgan fingerprint density at radius 2 is 2.09 bits per heavy atom. The molecule has 2 heterocycles. The largest absolute Gasteiger partial charge is 0.377 e. The molecule has 1 fully saturated rings. The maximum atomic E-state index is 11.2. The van der Waals surface area contributed by atoms with Gasteiger partial charge < -0.3 is 10.5 Å². The van der Waals surface area contributed by atoms with Crippen LogP contribution in [0.25, 0.3) is 0 Å². The van der Waals surface area contributed by atoms with Crippen molar-refractivity contribution in [3.8, 4) is 0 Å². The Hall–Kier alpha value is -1.69. The summed E-state index contributed by atoms with van der Waals surface area (Å²) >= 11 is 1.78. The van der Waals surface area contributed by atoms with E-state index in [4.69, 9.17) is 10.5 Å². The molecule has 3 rings (SSSR count). The summed E-state index contributed by atoms with van der Waals surface area (Å²) in [7, 11) is 0. The number of amides is 1. The highest BCUT2D eigenvalue weighted by molar-refractivity contribution is 7.09. The van der Waals surface area contributed by atoms with Crippen molar-refractivity contribution in [2.24, 2.45) is 5.73 Å². The second-order valence-corrected chi connectivity index (χ2v) is 6.98. The molecule has 1 aliphatic rings. The Labute approximate surface area is 140 Å². The Kier molecular flexibility index (Phi) is 5.43. The Morgan fingerprint density at radius 1 is 1.26 bits per heavy atom. The summed E-state index contributed by atoms with van der Waals surface area (Å²) < 4.78 is 5.79. The van der Waals surface area contributed by atoms with Gasteiger partial charge in [-0.25, -0.2) is 0 Å². The van der Waals surface area contributed by atoms with Gasteiger partial charge in [0, 0.05) is 36.7 Å². The van der Waals surface area contributed by atoms with Gasteiger partial charge in [-0.15, -0.1) is 11.3 Å². The molecule has 1 saturated heterocycles. The number of primary amides is 1. The van der Waals surface area contributed by atoms with Crippen molar-refractivity contribution < 1.29 is 9.53 Å². The third-order valence-electron chi connectivity index (χ3n) is 4.09. The van der Waals surface area contributed by atoms with E-state index in [2.05, 4.69) is 22.4 Å². The minimum Gasteiger partial charge on any atom is -0.377 e. The molecule has 5 heteroatoms. The van der Waals surface area contributed by atoms with Gasteiger partial charge in [-0.2, -0.15) is 0 Å². The number of carbonyl (C=O) groups is 1. The maximum absolute atomic E-state index is 11.2. The molecule has 0 radical (unpaired) electrons. The normalized spacial score (nSPS) is 17.7. The summed E-state index contributed by atoms with van der Waals surface area (Å²) in [6, 6.07) is 11.8.